The van der Waals surface area contributed by atoms with E-state index in [4.69, 9.17) is 11.6 Å². The number of hydrogen-bond acceptors (Lipinski definition) is 5. The maximum absolute atomic E-state index is 11.1. The van der Waals surface area contributed by atoms with E-state index >= 15 is 0 Å². The summed E-state index contributed by atoms with van der Waals surface area (Å²) < 4.78 is 4.51. The predicted molar refractivity (Wildman–Crippen MR) is 62.7 cm³/mol. The molecule has 0 aromatic carbocycles. The lowest BCUT2D eigenvalue weighted by molar-refractivity contribution is -0.491. The second kappa shape index (κ2) is 6.16. The highest BCUT2D eigenvalue weighted by Gasteiger charge is 2.44. The number of hydrogen-bond donors (Lipinski definition) is 1. The molecule has 0 radical (unpaired) electrons. The second-order valence-electron chi connectivity index (χ2n) is 4.29. The van der Waals surface area contributed by atoms with Gasteiger partial charge in [-0.15, -0.1) is 11.6 Å². The van der Waals surface area contributed by atoms with Gasteiger partial charge in [0.25, 0.3) is 0 Å². The molecule has 0 heterocycles. The molecule has 1 saturated carbocycles. The molecule has 0 amide bonds. The van der Waals surface area contributed by atoms with E-state index in [1.54, 1.807) is 0 Å². The molecule has 98 valence electrons. The fraction of sp³-hybridized carbons (Fsp3) is 0.900. The molecule has 2 unspecified atom stereocenters. The van der Waals surface area contributed by atoms with Crippen LogP contribution in [-0.4, -0.2) is 42.0 Å². The van der Waals surface area contributed by atoms with Crippen molar-refractivity contribution in [1.82, 2.24) is 5.32 Å². The van der Waals surface area contributed by atoms with E-state index < -0.39 is 11.5 Å². The molecule has 0 saturated heterocycles. The predicted octanol–water partition coefficient (Wildman–Crippen LogP) is 0.946. The Morgan fingerprint density at radius 1 is 1.65 bits per heavy atom. The third-order valence-corrected chi connectivity index (χ3v) is 3.79. The van der Waals surface area contributed by atoms with Crippen LogP contribution >= 0.6 is 11.6 Å². The Kier molecular flexibility index (Phi) is 5.14. The normalized spacial score (nSPS) is 28.7. The van der Waals surface area contributed by atoms with Crippen molar-refractivity contribution in [3.63, 3.8) is 0 Å². The van der Waals surface area contributed by atoms with Crippen LogP contribution in [0, 0.1) is 10.1 Å². The topological polar surface area (TPSA) is 81.5 Å². The Morgan fingerprint density at radius 3 is 2.88 bits per heavy atom. The molecule has 0 spiro atoms. The third kappa shape index (κ3) is 3.81. The molecule has 17 heavy (non-hydrogen) atoms. The Bertz CT molecular complexity index is 300. The van der Waals surface area contributed by atoms with Crippen LogP contribution in [0.15, 0.2) is 0 Å². The third-order valence-electron chi connectivity index (χ3n) is 3.15. The minimum atomic E-state index is -0.794. The first-order chi connectivity index (χ1) is 8.00. The Morgan fingerprint density at radius 2 is 2.35 bits per heavy atom. The summed E-state index contributed by atoms with van der Waals surface area (Å²) >= 11 is 6.19. The molecule has 2 atom stereocenters. The summed E-state index contributed by atoms with van der Waals surface area (Å²) in [6.07, 6.45) is 3.18. The molecule has 1 aliphatic rings. The highest BCUT2D eigenvalue weighted by molar-refractivity contribution is 6.21. The Labute approximate surface area is 105 Å². The molecule has 1 rings (SSSR count). The fourth-order valence-corrected chi connectivity index (χ4v) is 2.59. The highest BCUT2D eigenvalue weighted by atomic mass is 35.5. The second-order valence-corrected chi connectivity index (χ2v) is 4.82. The average molecular weight is 265 g/mol. The molecular weight excluding hydrogens is 248 g/mol. The van der Waals surface area contributed by atoms with E-state index in [0.29, 0.717) is 6.42 Å². The van der Waals surface area contributed by atoms with Crippen molar-refractivity contribution in [2.75, 3.05) is 20.2 Å². The number of nitrogens with one attached hydrogen (secondary N) is 1. The number of carbonyl (C=O) groups is 1. The van der Waals surface area contributed by atoms with Gasteiger partial charge in [0.05, 0.1) is 19.0 Å². The van der Waals surface area contributed by atoms with Crippen molar-refractivity contribution in [2.24, 2.45) is 0 Å². The minimum Gasteiger partial charge on any atom is -0.468 e. The van der Waals surface area contributed by atoms with Crippen LogP contribution in [0.4, 0.5) is 0 Å². The number of carbonyl (C=O) groups excluding carboxylic acids is 1. The first-order valence-electron chi connectivity index (χ1n) is 5.58. The number of nitro groups is 1. The summed E-state index contributed by atoms with van der Waals surface area (Å²) in [6.45, 7) is -0.314. The maximum atomic E-state index is 11.1. The van der Waals surface area contributed by atoms with Crippen molar-refractivity contribution in [1.29, 1.82) is 0 Å². The number of esters is 1. The van der Waals surface area contributed by atoms with Crippen LogP contribution in [0.3, 0.4) is 0 Å². The van der Waals surface area contributed by atoms with Crippen LogP contribution < -0.4 is 5.32 Å². The van der Waals surface area contributed by atoms with Gasteiger partial charge in [0.2, 0.25) is 6.54 Å². The lowest BCUT2D eigenvalue weighted by atomic mass is 9.81. The molecule has 0 aliphatic heterocycles. The summed E-state index contributed by atoms with van der Waals surface area (Å²) in [5.74, 6) is -0.442. The van der Waals surface area contributed by atoms with Crippen LogP contribution in [0.2, 0.25) is 0 Å². The van der Waals surface area contributed by atoms with Gasteiger partial charge in [-0.3, -0.25) is 20.2 Å². The van der Waals surface area contributed by atoms with Gasteiger partial charge in [-0.25, -0.2) is 0 Å². The van der Waals surface area contributed by atoms with Gasteiger partial charge >= 0.3 is 5.97 Å². The van der Waals surface area contributed by atoms with E-state index in [-0.39, 0.29) is 23.4 Å². The quantitative estimate of drug-likeness (QED) is 0.346. The molecule has 7 heteroatoms. The number of rotatable bonds is 5. The van der Waals surface area contributed by atoms with Crippen molar-refractivity contribution < 1.29 is 14.5 Å². The maximum Gasteiger partial charge on any atom is 0.319 e. The number of ether oxygens (including phenoxy) is 1. The minimum absolute atomic E-state index is 0.0481. The Hall–Kier alpha value is -0.880. The van der Waals surface area contributed by atoms with Crippen molar-refractivity contribution in [3.8, 4) is 0 Å². The summed E-state index contributed by atoms with van der Waals surface area (Å²) in [4.78, 5) is 21.4. The van der Waals surface area contributed by atoms with Crippen molar-refractivity contribution in [2.45, 2.75) is 36.6 Å². The highest BCUT2D eigenvalue weighted by Crippen LogP contribution is 2.32. The lowest BCUT2D eigenvalue weighted by Crippen LogP contribution is -2.59. The molecule has 6 nitrogen and oxygen atoms in total. The van der Waals surface area contributed by atoms with Gasteiger partial charge < -0.3 is 4.74 Å². The molecule has 1 aliphatic carbocycles. The van der Waals surface area contributed by atoms with E-state index in [2.05, 4.69) is 10.1 Å². The van der Waals surface area contributed by atoms with Crippen LogP contribution in [0.25, 0.3) is 0 Å². The molecule has 1 fully saturated rings. The SMILES string of the molecule is COC(=O)CNC1(C[N+](=O)[O-])CCCCC1Cl. The zero-order valence-electron chi connectivity index (χ0n) is 9.78. The van der Waals surface area contributed by atoms with E-state index in [1.807, 2.05) is 0 Å². The fourth-order valence-electron chi connectivity index (χ4n) is 2.18. The smallest absolute Gasteiger partial charge is 0.319 e. The first kappa shape index (κ1) is 14.2. The first-order valence-corrected chi connectivity index (χ1v) is 6.01. The number of halogens is 1. The van der Waals surface area contributed by atoms with Crippen LogP contribution in [0.1, 0.15) is 25.7 Å². The number of methoxy groups -OCH3 is 1. The van der Waals surface area contributed by atoms with Crippen molar-refractivity contribution in [3.05, 3.63) is 10.1 Å². The Balaban J connectivity index is 2.70. The monoisotopic (exact) mass is 264 g/mol. The molecule has 0 aromatic heterocycles. The van der Waals surface area contributed by atoms with Gasteiger partial charge in [-0.05, 0) is 12.8 Å². The van der Waals surface area contributed by atoms with E-state index in [1.165, 1.54) is 7.11 Å². The van der Waals surface area contributed by atoms with Gasteiger partial charge in [-0.1, -0.05) is 12.8 Å². The van der Waals surface area contributed by atoms with E-state index in [9.17, 15) is 14.9 Å². The standard InChI is InChI=1S/C10H17ClN2O4/c1-17-9(14)6-12-10(7-13(15)16)5-3-2-4-8(10)11/h8,12H,2-7H2,1H3. The largest absolute Gasteiger partial charge is 0.468 e. The molecule has 0 aromatic rings. The molecule has 1 N–H and O–H groups in total. The summed E-state index contributed by atoms with van der Waals surface area (Å²) in [7, 11) is 1.28. The van der Waals surface area contributed by atoms with Gasteiger partial charge in [0.15, 0.2) is 0 Å². The van der Waals surface area contributed by atoms with E-state index in [0.717, 1.165) is 19.3 Å². The van der Waals surface area contributed by atoms with Gasteiger partial charge in [0, 0.05) is 4.92 Å². The summed E-state index contributed by atoms with van der Waals surface area (Å²) in [5, 5.41) is 13.3. The van der Waals surface area contributed by atoms with Gasteiger partial charge in [0.1, 0.15) is 5.54 Å². The van der Waals surface area contributed by atoms with Crippen molar-refractivity contribution >= 4 is 17.6 Å². The number of nitrogens with zero attached hydrogens (tertiary/aromatic N) is 1. The average Bonchev–Trinajstić information content (AvgIpc) is 2.29. The summed E-state index contributed by atoms with van der Waals surface area (Å²) in [5.41, 5.74) is -0.794. The van der Waals surface area contributed by atoms with Crippen LogP contribution in [-0.2, 0) is 9.53 Å². The van der Waals surface area contributed by atoms with Crippen LogP contribution in [0.5, 0.6) is 0 Å². The van der Waals surface area contributed by atoms with Gasteiger partial charge in [-0.2, -0.15) is 0 Å². The summed E-state index contributed by atoms with van der Waals surface area (Å²) in [6, 6.07) is 0. The zero-order valence-corrected chi connectivity index (χ0v) is 10.5. The molecular formula is C10H17ClN2O4. The molecule has 0 bridgehead atoms. The zero-order chi connectivity index (χ0) is 12.9. The lowest BCUT2D eigenvalue weighted by Gasteiger charge is -2.38. The number of alkyl halides is 1.